The van der Waals surface area contributed by atoms with Crippen molar-refractivity contribution in [2.45, 2.75) is 66.7 Å². The minimum atomic E-state index is -0.304. The van der Waals surface area contributed by atoms with E-state index in [0.29, 0.717) is 5.41 Å². The van der Waals surface area contributed by atoms with Gasteiger partial charge >= 0.3 is 0 Å². The van der Waals surface area contributed by atoms with E-state index in [1.54, 1.807) is 0 Å². The lowest BCUT2D eigenvalue weighted by Gasteiger charge is -2.26. The first kappa shape index (κ1) is 15.0. The standard InChI is InChI=1S/C13H25ClO/c1-6-8-13(5,11(14)15)10-7-9-12(2,3)4/h6-10H2,1-5H3. The van der Waals surface area contributed by atoms with E-state index in [1.807, 2.05) is 6.92 Å². The summed E-state index contributed by atoms with van der Waals surface area (Å²) >= 11 is 5.67. The van der Waals surface area contributed by atoms with Crippen LogP contribution < -0.4 is 0 Å². The lowest BCUT2D eigenvalue weighted by molar-refractivity contribution is -0.120. The topological polar surface area (TPSA) is 17.1 Å². The van der Waals surface area contributed by atoms with Crippen LogP contribution in [0, 0.1) is 10.8 Å². The molecule has 0 spiro atoms. The van der Waals surface area contributed by atoms with Crippen LogP contribution in [0.3, 0.4) is 0 Å². The largest absolute Gasteiger partial charge is 0.281 e. The van der Waals surface area contributed by atoms with Gasteiger partial charge in [0.2, 0.25) is 5.24 Å². The van der Waals surface area contributed by atoms with Crippen molar-refractivity contribution in [3.63, 3.8) is 0 Å². The van der Waals surface area contributed by atoms with Gasteiger partial charge in [0, 0.05) is 5.41 Å². The Bertz CT molecular complexity index is 205. The van der Waals surface area contributed by atoms with Gasteiger partial charge in [-0.3, -0.25) is 4.79 Å². The van der Waals surface area contributed by atoms with Crippen LogP contribution in [0.4, 0.5) is 0 Å². The van der Waals surface area contributed by atoms with Gasteiger partial charge in [-0.15, -0.1) is 0 Å². The summed E-state index contributed by atoms with van der Waals surface area (Å²) in [5, 5.41) is -0.168. The maximum Gasteiger partial charge on any atom is 0.227 e. The Morgan fingerprint density at radius 1 is 1.07 bits per heavy atom. The fourth-order valence-corrected chi connectivity index (χ4v) is 2.07. The molecule has 15 heavy (non-hydrogen) atoms. The molecule has 90 valence electrons. The van der Waals surface area contributed by atoms with Crippen molar-refractivity contribution >= 4 is 16.8 Å². The van der Waals surface area contributed by atoms with Gasteiger partial charge in [-0.05, 0) is 36.3 Å². The molecule has 2 heteroatoms. The third kappa shape index (κ3) is 6.19. The summed E-state index contributed by atoms with van der Waals surface area (Å²) in [6.07, 6.45) is 5.07. The molecule has 1 unspecified atom stereocenters. The van der Waals surface area contributed by atoms with Crippen LogP contribution in [-0.4, -0.2) is 5.24 Å². The number of hydrogen-bond acceptors (Lipinski definition) is 1. The Labute approximate surface area is 99.6 Å². The van der Waals surface area contributed by atoms with Crippen molar-refractivity contribution < 1.29 is 4.79 Å². The highest BCUT2D eigenvalue weighted by atomic mass is 35.5. The van der Waals surface area contributed by atoms with Gasteiger partial charge in [0.05, 0.1) is 0 Å². The molecule has 0 heterocycles. The molecule has 1 nitrogen and oxygen atoms in total. The summed E-state index contributed by atoms with van der Waals surface area (Å²) in [6.45, 7) is 10.8. The van der Waals surface area contributed by atoms with Crippen LogP contribution in [0.25, 0.3) is 0 Å². The monoisotopic (exact) mass is 232 g/mol. The van der Waals surface area contributed by atoms with Gasteiger partial charge < -0.3 is 0 Å². The van der Waals surface area contributed by atoms with Crippen molar-refractivity contribution in [1.29, 1.82) is 0 Å². The second-order valence-corrected chi connectivity index (χ2v) is 6.34. The van der Waals surface area contributed by atoms with E-state index in [4.69, 9.17) is 11.6 Å². The fourth-order valence-electron chi connectivity index (χ4n) is 1.88. The first-order chi connectivity index (χ1) is 6.71. The molecule has 0 aliphatic heterocycles. The van der Waals surface area contributed by atoms with Crippen LogP contribution in [0.15, 0.2) is 0 Å². The molecule has 1 atom stereocenters. The lowest BCUT2D eigenvalue weighted by atomic mass is 9.79. The fraction of sp³-hybridized carbons (Fsp3) is 0.923. The van der Waals surface area contributed by atoms with E-state index in [9.17, 15) is 4.79 Å². The van der Waals surface area contributed by atoms with Crippen molar-refractivity contribution in [3.05, 3.63) is 0 Å². The minimum absolute atomic E-state index is 0.168. The van der Waals surface area contributed by atoms with E-state index in [-0.39, 0.29) is 10.7 Å². The van der Waals surface area contributed by atoms with Crippen LogP contribution in [0.2, 0.25) is 0 Å². The van der Waals surface area contributed by atoms with E-state index >= 15 is 0 Å². The van der Waals surface area contributed by atoms with Crippen molar-refractivity contribution in [2.75, 3.05) is 0 Å². The minimum Gasteiger partial charge on any atom is -0.281 e. The maximum atomic E-state index is 11.4. The molecule has 0 rings (SSSR count). The molecule has 0 amide bonds. The average Bonchev–Trinajstić information content (AvgIpc) is 2.01. The van der Waals surface area contributed by atoms with E-state index in [2.05, 4.69) is 27.7 Å². The third-order valence-electron chi connectivity index (χ3n) is 2.93. The molecule has 0 saturated carbocycles. The molecule has 0 N–H and O–H groups in total. The number of carbonyl (C=O) groups excluding carboxylic acids is 1. The van der Waals surface area contributed by atoms with Crippen LogP contribution >= 0.6 is 11.6 Å². The second-order valence-electron chi connectivity index (χ2n) is 6.00. The van der Waals surface area contributed by atoms with Gasteiger partial charge in [-0.1, -0.05) is 47.5 Å². The number of carbonyl (C=O) groups is 1. The zero-order chi connectivity index (χ0) is 12.1. The van der Waals surface area contributed by atoms with Gasteiger partial charge in [-0.2, -0.15) is 0 Å². The Morgan fingerprint density at radius 2 is 1.60 bits per heavy atom. The molecular formula is C13H25ClO. The van der Waals surface area contributed by atoms with E-state index in [0.717, 1.165) is 32.1 Å². The maximum absolute atomic E-state index is 11.4. The van der Waals surface area contributed by atoms with E-state index in [1.165, 1.54) is 0 Å². The summed E-state index contributed by atoms with van der Waals surface area (Å²) in [5.74, 6) is 0. The summed E-state index contributed by atoms with van der Waals surface area (Å²) in [4.78, 5) is 11.4. The van der Waals surface area contributed by atoms with Crippen LogP contribution in [0.5, 0.6) is 0 Å². The first-order valence-electron chi connectivity index (χ1n) is 5.91. The van der Waals surface area contributed by atoms with Crippen molar-refractivity contribution in [1.82, 2.24) is 0 Å². The second kappa shape index (κ2) is 5.89. The summed E-state index contributed by atoms with van der Waals surface area (Å²) < 4.78 is 0. The SMILES string of the molecule is CCCC(C)(CCCC(C)(C)C)C(=O)Cl. The average molecular weight is 233 g/mol. The highest BCUT2D eigenvalue weighted by Gasteiger charge is 2.30. The zero-order valence-electron chi connectivity index (χ0n) is 10.8. The van der Waals surface area contributed by atoms with Gasteiger partial charge in [0.1, 0.15) is 0 Å². The van der Waals surface area contributed by atoms with Crippen LogP contribution in [-0.2, 0) is 4.79 Å². The predicted octanol–water partition coefficient (Wildman–Crippen LogP) is 4.77. The number of halogens is 1. The Kier molecular flexibility index (Phi) is 5.87. The molecule has 0 aromatic rings. The van der Waals surface area contributed by atoms with Gasteiger partial charge in [0.25, 0.3) is 0 Å². The van der Waals surface area contributed by atoms with Gasteiger partial charge in [-0.25, -0.2) is 0 Å². The van der Waals surface area contributed by atoms with Crippen molar-refractivity contribution in [3.8, 4) is 0 Å². The van der Waals surface area contributed by atoms with Crippen LogP contribution in [0.1, 0.15) is 66.7 Å². The molecule has 0 fully saturated rings. The highest BCUT2D eigenvalue weighted by Crippen LogP contribution is 2.34. The molecule has 0 radical (unpaired) electrons. The number of rotatable bonds is 6. The molecule has 0 aliphatic carbocycles. The quantitative estimate of drug-likeness (QED) is 0.603. The third-order valence-corrected chi connectivity index (χ3v) is 3.39. The molecule has 0 aromatic heterocycles. The summed E-state index contributed by atoms with van der Waals surface area (Å²) in [7, 11) is 0. The highest BCUT2D eigenvalue weighted by molar-refractivity contribution is 6.64. The smallest absolute Gasteiger partial charge is 0.227 e. The first-order valence-corrected chi connectivity index (χ1v) is 6.29. The predicted molar refractivity (Wildman–Crippen MR) is 67.2 cm³/mol. The molecule has 0 bridgehead atoms. The Hall–Kier alpha value is -0.0400. The Morgan fingerprint density at radius 3 is 1.93 bits per heavy atom. The lowest BCUT2D eigenvalue weighted by Crippen LogP contribution is -2.24. The van der Waals surface area contributed by atoms with Crippen molar-refractivity contribution in [2.24, 2.45) is 10.8 Å². The molecular weight excluding hydrogens is 208 g/mol. The normalized spacial score (nSPS) is 16.1. The Balaban J connectivity index is 4.14. The van der Waals surface area contributed by atoms with E-state index < -0.39 is 0 Å². The zero-order valence-corrected chi connectivity index (χ0v) is 11.6. The van der Waals surface area contributed by atoms with Gasteiger partial charge in [0.15, 0.2) is 0 Å². The number of hydrogen-bond donors (Lipinski definition) is 0. The summed E-state index contributed by atoms with van der Waals surface area (Å²) in [5.41, 5.74) is 0.0457. The molecule has 0 saturated heterocycles. The molecule has 0 aliphatic rings. The summed E-state index contributed by atoms with van der Waals surface area (Å²) in [6, 6.07) is 0. The molecule has 0 aromatic carbocycles.